The zero-order chi connectivity index (χ0) is 13.2. The fourth-order valence-electron chi connectivity index (χ4n) is 2.42. The molecule has 0 amide bonds. The third-order valence-electron chi connectivity index (χ3n) is 3.59. The summed E-state index contributed by atoms with van der Waals surface area (Å²) in [6.45, 7) is 10.1. The van der Waals surface area contributed by atoms with Gasteiger partial charge in [0.1, 0.15) is 0 Å². The second-order valence-electron chi connectivity index (χ2n) is 6.18. The molecule has 1 unspecified atom stereocenters. The number of rotatable bonds is 5. The van der Waals surface area contributed by atoms with E-state index in [1.54, 1.807) is 0 Å². The molecule has 1 aliphatic rings. The molecule has 2 N–H and O–H groups in total. The lowest BCUT2D eigenvalue weighted by atomic mass is 9.90. The Labute approximate surface area is 121 Å². The summed E-state index contributed by atoms with van der Waals surface area (Å²) in [7, 11) is 0. The van der Waals surface area contributed by atoms with Crippen molar-refractivity contribution in [3.8, 4) is 0 Å². The van der Waals surface area contributed by atoms with E-state index in [9.17, 15) is 0 Å². The number of hydrogen-bond acceptors (Lipinski definition) is 5. The van der Waals surface area contributed by atoms with Gasteiger partial charge in [0.05, 0.1) is 6.54 Å². The zero-order valence-electron chi connectivity index (χ0n) is 12.1. The minimum atomic E-state index is 0. The quantitative estimate of drug-likeness (QED) is 0.896. The van der Waals surface area contributed by atoms with Crippen LogP contribution in [0, 0.1) is 11.3 Å². The molecule has 0 spiro atoms. The molecular formula is C13H25ClN4O. The first-order chi connectivity index (χ1) is 8.50. The molecule has 19 heavy (non-hydrogen) atoms. The van der Waals surface area contributed by atoms with Gasteiger partial charge in [-0.05, 0) is 30.8 Å². The highest BCUT2D eigenvalue weighted by Gasteiger charge is 2.33. The van der Waals surface area contributed by atoms with Crippen molar-refractivity contribution in [3.63, 3.8) is 0 Å². The van der Waals surface area contributed by atoms with E-state index >= 15 is 0 Å². The molecule has 6 heteroatoms. The molecule has 1 aromatic heterocycles. The van der Waals surface area contributed by atoms with Crippen LogP contribution in [0.1, 0.15) is 38.9 Å². The summed E-state index contributed by atoms with van der Waals surface area (Å²) in [6.07, 6.45) is 2.03. The van der Waals surface area contributed by atoms with Crippen molar-refractivity contribution in [3.05, 3.63) is 11.7 Å². The molecule has 1 fully saturated rings. The van der Waals surface area contributed by atoms with Crippen LogP contribution in [0.3, 0.4) is 0 Å². The highest BCUT2D eigenvalue weighted by Crippen LogP contribution is 2.29. The second kappa shape index (κ2) is 6.68. The predicted octanol–water partition coefficient (Wildman–Crippen LogP) is 1.86. The van der Waals surface area contributed by atoms with E-state index in [4.69, 9.17) is 10.3 Å². The number of hydrogen-bond donors (Lipinski definition) is 1. The lowest BCUT2D eigenvalue weighted by Gasteiger charge is -2.21. The van der Waals surface area contributed by atoms with Crippen LogP contribution < -0.4 is 5.73 Å². The summed E-state index contributed by atoms with van der Waals surface area (Å²) in [6, 6.07) is 0. The van der Waals surface area contributed by atoms with Crippen molar-refractivity contribution < 1.29 is 4.52 Å². The van der Waals surface area contributed by atoms with Gasteiger partial charge in [-0.3, -0.25) is 4.90 Å². The SMILES string of the molecule is CC(C)Cc1noc(CN2CCC(C)(CN)C2)n1.Cl. The Morgan fingerprint density at radius 2 is 2.21 bits per heavy atom. The van der Waals surface area contributed by atoms with Crippen molar-refractivity contribution in [2.24, 2.45) is 17.1 Å². The van der Waals surface area contributed by atoms with Crippen LogP contribution in [-0.2, 0) is 13.0 Å². The average molecular weight is 289 g/mol. The van der Waals surface area contributed by atoms with Gasteiger partial charge < -0.3 is 10.3 Å². The number of likely N-dealkylation sites (tertiary alicyclic amines) is 1. The maximum atomic E-state index is 5.80. The second-order valence-corrected chi connectivity index (χ2v) is 6.18. The van der Waals surface area contributed by atoms with Crippen molar-refractivity contribution in [2.75, 3.05) is 19.6 Å². The van der Waals surface area contributed by atoms with Crippen LogP contribution in [0.4, 0.5) is 0 Å². The molecule has 5 nitrogen and oxygen atoms in total. The van der Waals surface area contributed by atoms with Gasteiger partial charge in [-0.1, -0.05) is 25.9 Å². The molecule has 0 radical (unpaired) electrons. The first kappa shape index (κ1) is 16.4. The van der Waals surface area contributed by atoms with Crippen molar-refractivity contribution in [1.29, 1.82) is 0 Å². The van der Waals surface area contributed by atoms with E-state index in [1.165, 1.54) is 0 Å². The molecule has 0 saturated carbocycles. The molecule has 1 atom stereocenters. The highest BCUT2D eigenvalue weighted by molar-refractivity contribution is 5.85. The van der Waals surface area contributed by atoms with E-state index in [0.717, 1.165) is 50.7 Å². The lowest BCUT2D eigenvalue weighted by Crippen LogP contribution is -2.31. The van der Waals surface area contributed by atoms with E-state index in [1.807, 2.05) is 0 Å². The molecule has 2 rings (SSSR count). The topological polar surface area (TPSA) is 68.2 Å². The number of nitrogens with zero attached hydrogens (tertiary/aromatic N) is 3. The smallest absolute Gasteiger partial charge is 0.240 e. The Bertz CT molecular complexity index is 396. The zero-order valence-corrected chi connectivity index (χ0v) is 12.9. The predicted molar refractivity (Wildman–Crippen MR) is 77.1 cm³/mol. The van der Waals surface area contributed by atoms with Crippen LogP contribution in [0.2, 0.25) is 0 Å². The third kappa shape index (κ3) is 4.44. The number of aromatic nitrogens is 2. The molecule has 0 bridgehead atoms. The van der Waals surface area contributed by atoms with E-state index < -0.39 is 0 Å². The molecule has 1 saturated heterocycles. The van der Waals surface area contributed by atoms with E-state index in [2.05, 4.69) is 35.8 Å². The van der Waals surface area contributed by atoms with Crippen LogP contribution >= 0.6 is 12.4 Å². The maximum absolute atomic E-state index is 5.80. The minimum Gasteiger partial charge on any atom is -0.338 e. The van der Waals surface area contributed by atoms with Crippen molar-refractivity contribution >= 4 is 12.4 Å². The van der Waals surface area contributed by atoms with Crippen LogP contribution in [0.25, 0.3) is 0 Å². The molecule has 1 aromatic rings. The van der Waals surface area contributed by atoms with Gasteiger partial charge in [-0.25, -0.2) is 0 Å². The minimum absolute atomic E-state index is 0. The summed E-state index contributed by atoms with van der Waals surface area (Å²) in [5, 5.41) is 4.02. The van der Waals surface area contributed by atoms with E-state index in [0.29, 0.717) is 5.92 Å². The number of halogens is 1. The number of nitrogens with two attached hydrogens (primary N) is 1. The van der Waals surface area contributed by atoms with Gasteiger partial charge in [0.15, 0.2) is 5.82 Å². The summed E-state index contributed by atoms with van der Waals surface area (Å²) in [5.74, 6) is 2.11. The van der Waals surface area contributed by atoms with Crippen LogP contribution in [0.15, 0.2) is 4.52 Å². The Hall–Kier alpha value is -0.650. The van der Waals surface area contributed by atoms with Crippen molar-refractivity contribution in [1.82, 2.24) is 15.0 Å². The Morgan fingerprint density at radius 3 is 2.79 bits per heavy atom. The normalized spacial score (nSPS) is 23.8. The molecule has 110 valence electrons. The Balaban J connectivity index is 0.00000180. The summed E-state index contributed by atoms with van der Waals surface area (Å²) in [5.41, 5.74) is 6.06. The van der Waals surface area contributed by atoms with Gasteiger partial charge in [0, 0.05) is 13.0 Å². The van der Waals surface area contributed by atoms with Crippen LogP contribution in [0.5, 0.6) is 0 Å². The van der Waals surface area contributed by atoms with Gasteiger partial charge >= 0.3 is 0 Å². The monoisotopic (exact) mass is 288 g/mol. The lowest BCUT2D eigenvalue weighted by molar-refractivity contribution is 0.238. The first-order valence-electron chi connectivity index (χ1n) is 6.75. The summed E-state index contributed by atoms with van der Waals surface area (Å²) >= 11 is 0. The molecule has 0 aliphatic carbocycles. The molecule has 1 aliphatic heterocycles. The fraction of sp³-hybridized carbons (Fsp3) is 0.846. The Kier molecular flexibility index (Phi) is 5.77. The average Bonchev–Trinajstić information content (AvgIpc) is 2.87. The fourth-order valence-corrected chi connectivity index (χ4v) is 2.42. The van der Waals surface area contributed by atoms with E-state index in [-0.39, 0.29) is 17.8 Å². The highest BCUT2D eigenvalue weighted by atomic mass is 35.5. The Morgan fingerprint density at radius 1 is 1.47 bits per heavy atom. The first-order valence-corrected chi connectivity index (χ1v) is 6.75. The van der Waals surface area contributed by atoms with Gasteiger partial charge in [0.25, 0.3) is 0 Å². The summed E-state index contributed by atoms with van der Waals surface area (Å²) < 4.78 is 5.30. The maximum Gasteiger partial charge on any atom is 0.240 e. The standard InChI is InChI=1S/C13H24N4O.ClH/c1-10(2)6-11-15-12(18-16-11)7-17-5-4-13(3,8-14)9-17;/h10H,4-9,14H2,1-3H3;1H. The molecule has 2 heterocycles. The van der Waals surface area contributed by atoms with Crippen molar-refractivity contribution in [2.45, 2.75) is 40.2 Å². The molecular weight excluding hydrogens is 264 g/mol. The van der Waals surface area contributed by atoms with Crippen LogP contribution in [-0.4, -0.2) is 34.7 Å². The molecule has 0 aromatic carbocycles. The largest absolute Gasteiger partial charge is 0.338 e. The third-order valence-corrected chi connectivity index (χ3v) is 3.59. The van der Waals surface area contributed by atoms with Gasteiger partial charge in [0.2, 0.25) is 5.89 Å². The summed E-state index contributed by atoms with van der Waals surface area (Å²) in [4.78, 5) is 6.78. The van der Waals surface area contributed by atoms with Gasteiger partial charge in [-0.15, -0.1) is 12.4 Å². The van der Waals surface area contributed by atoms with Gasteiger partial charge in [-0.2, -0.15) is 4.98 Å².